The molecular weight excluding hydrogens is 1080 g/mol. The van der Waals surface area contributed by atoms with E-state index in [0.29, 0.717) is 24.0 Å². The van der Waals surface area contributed by atoms with Crippen LogP contribution in [0.2, 0.25) is 0 Å². The van der Waals surface area contributed by atoms with Crippen LogP contribution in [0.25, 0.3) is 22.3 Å². The van der Waals surface area contributed by atoms with Gasteiger partial charge in [-0.05, 0) is 81.9 Å². The maximum Gasteiger partial charge on any atom is 0.233 e. The van der Waals surface area contributed by atoms with Crippen molar-refractivity contribution in [1.29, 1.82) is 0 Å². The first kappa shape index (κ1) is 47.8. The standard InChI is InChI=1S/C29H18Br2O.C15H12Br2O.C14H10O2/c30-23-15-11-21(12-16-23)27-25(19-7-3-1-4-8-19)26(20-9-5-2-6-10-20)28(29(27)32)22-13-17-24(31)18-14-22;16-13-5-1-11(2-6-13)9-15(18)10-12-3-7-14(17)8-4-12;15-13(11-7-3-1-4-8-11)14(16)12-9-5-2-6-10-12/h1-18H;1-8H,9-10H2;1-10H. The fourth-order valence-corrected chi connectivity index (χ4v) is 8.39. The first-order valence-corrected chi connectivity index (χ1v) is 24.1. The zero-order valence-corrected chi connectivity index (χ0v) is 41.7. The summed E-state index contributed by atoms with van der Waals surface area (Å²) in [4.78, 5) is 49.6. The molecule has 0 bridgehead atoms. The van der Waals surface area contributed by atoms with Gasteiger partial charge in [0.1, 0.15) is 5.78 Å². The number of rotatable bonds is 11. The third-order valence-corrected chi connectivity index (χ3v) is 12.6. The van der Waals surface area contributed by atoms with E-state index in [9.17, 15) is 19.2 Å². The minimum Gasteiger partial charge on any atom is -0.299 e. The van der Waals surface area contributed by atoms with Crippen LogP contribution in [0.15, 0.2) is 236 Å². The lowest BCUT2D eigenvalue weighted by atomic mass is 9.89. The van der Waals surface area contributed by atoms with Crippen LogP contribution in [0.3, 0.4) is 0 Å². The Morgan fingerprint density at radius 2 is 0.561 bits per heavy atom. The van der Waals surface area contributed by atoms with Crippen LogP contribution in [0.4, 0.5) is 0 Å². The fraction of sp³-hybridized carbons (Fsp3) is 0.0345. The molecule has 8 heteroatoms. The summed E-state index contributed by atoms with van der Waals surface area (Å²) in [6.07, 6.45) is 0.979. The second-order valence-electron chi connectivity index (χ2n) is 15.1. The SMILES string of the molecule is O=C(C(=O)c1ccccc1)c1ccccc1.O=C(Cc1ccc(Br)cc1)Cc1ccc(Br)cc1.O=C1C(c2ccc(Br)cc2)=C(c2ccccc2)C(c2ccccc2)=C1c1ccc(Br)cc1. The molecule has 66 heavy (non-hydrogen) atoms. The first-order chi connectivity index (χ1) is 32.0. The number of hydrogen-bond donors (Lipinski definition) is 0. The second kappa shape index (κ2) is 23.3. The van der Waals surface area contributed by atoms with E-state index in [1.807, 2.05) is 146 Å². The topological polar surface area (TPSA) is 68.3 Å². The first-order valence-electron chi connectivity index (χ1n) is 20.9. The summed E-state index contributed by atoms with van der Waals surface area (Å²) < 4.78 is 4.04. The van der Waals surface area contributed by atoms with Crippen LogP contribution in [0, 0.1) is 0 Å². The van der Waals surface area contributed by atoms with Crippen molar-refractivity contribution in [1.82, 2.24) is 0 Å². The number of hydrogen-bond acceptors (Lipinski definition) is 4. The molecule has 0 atom stereocenters. The lowest BCUT2D eigenvalue weighted by molar-refractivity contribution is -0.117. The number of carbonyl (C=O) groups excluding carboxylic acids is 4. The molecule has 0 N–H and O–H groups in total. The normalized spacial score (nSPS) is 11.8. The van der Waals surface area contributed by atoms with Gasteiger partial charge < -0.3 is 0 Å². The van der Waals surface area contributed by atoms with Crippen molar-refractivity contribution in [2.45, 2.75) is 12.8 Å². The Morgan fingerprint density at radius 1 is 0.303 bits per heavy atom. The minimum atomic E-state index is -0.466. The zero-order valence-electron chi connectivity index (χ0n) is 35.3. The Hall–Kier alpha value is -6.16. The van der Waals surface area contributed by atoms with E-state index in [0.717, 1.165) is 73.6 Å². The van der Waals surface area contributed by atoms with E-state index in [1.165, 1.54) is 0 Å². The van der Waals surface area contributed by atoms with Gasteiger partial charge in [-0.3, -0.25) is 19.2 Å². The van der Waals surface area contributed by atoms with Crippen molar-refractivity contribution in [3.8, 4) is 0 Å². The van der Waals surface area contributed by atoms with E-state index in [1.54, 1.807) is 48.5 Å². The maximum absolute atomic E-state index is 14.1. The highest BCUT2D eigenvalue weighted by molar-refractivity contribution is 9.11. The van der Waals surface area contributed by atoms with E-state index >= 15 is 0 Å². The number of allylic oxidation sites excluding steroid dienone is 4. The molecule has 0 radical (unpaired) electrons. The Balaban J connectivity index is 0.000000162. The second-order valence-corrected chi connectivity index (χ2v) is 18.8. The van der Waals surface area contributed by atoms with Crippen molar-refractivity contribution in [2.24, 2.45) is 0 Å². The third-order valence-electron chi connectivity index (χ3n) is 10.5. The summed E-state index contributed by atoms with van der Waals surface area (Å²) in [6.45, 7) is 0. The summed E-state index contributed by atoms with van der Waals surface area (Å²) in [6, 6.07) is 69.3. The number of Topliss-reactive ketones (excluding diaryl/α,β-unsaturated/α-hetero) is 4. The number of halogens is 4. The molecule has 9 rings (SSSR count). The van der Waals surface area contributed by atoms with Crippen LogP contribution in [-0.2, 0) is 22.4 Å². The quantitative estimate of drug-likeness (QED) is 0.0956. The van der Waals surface area contributed by atoms with E-state index < -0.39 is 11.6 Å². The molecule has 0 amide bonds. The zero-order chi connectivity index (χ0) is 46.4. The van der Waals surface area contributed by atoms with Gasteiger partial charge in [0.2, 0.25) is 11.6 Å². The number of benzene rings is 8. The molecule has 0 fully saturated rings. The van der Waals surface area contributed by atoms with Crippen molar-refractivity contribution < 1.29 is 19.2 Å². The minimum absolute atomic E-state index is 0.0485. The van der Waals surface area contributed by atoms with Crippen molar-refractivity contribution >= 4 is 109 Å². The van der Waals surface area contributed by atoms with Gasteiger partial charge in [-0.2, -0.15) is 0 Å². The van der Waals surface area contributed by atoms with Gasteiger partial charge in [0, 0.05) is 64.2 Å². The highest BCUT2D eigenvalue weighted by atomic mass is 79.9. The molecule has 1 aliphatic rings. The maximum atomic E-state index is 14.1. The van der Waals surface area contributed by atoms with Gasteiger partial charge >= 0.3 is 0 Å². The smallest absolute Gasteiger partial charge is 0.233 e. The van der Waals surface area contributed by atoms with Gasteiger partial charge in [-0.25, -0.2) is 0 Å². The Morgan fingerprint density at radius 3 is 0.864 bits per heavy atom. The Bertz CT molecular complexity index is 2800. The molecule has 8 aromatic rings. The van der Waals surface area contributed by atoms with Crippen LogP contribution in [0.1, 0.15) is 54.1 Å². The molecule has 8 aromatic carbocycles. The largest absolute Gasteiger partial charge is 0.299 e. The molecule has 0 aromatic heterocycles. The van der Waals surface area contributed by atoms with Gasteiger partial charge in [-0.1, -0.05) is 234 Å². The number of carbonyl (C=O) groups is 4. The van der Waals surface area contributed by atoms with Gasteiger partial charge in [0.05, 0.1) is 0 Å². The third kappa shape index (κ3) is 12.6. The summed E-state index contributed by atoms with van der Waals surface area (Å²) >= 11 is 13.8. The van der Waals surface area contributed by atoms with Crippen molar-refractivity contribution in [3.63, 3.8) is 0 Å². The molecule has 0 aliphatic heterocycles. The summed E-state index contributed by atoms with van der Waals surface area (Å²) in [5, 5.41) is 0. The van der Waals surface area contributed by atoms with Crippen LogP contribution >= 0.6 is 63.7 Å². The molecule has 0 saturated heterocycles. The average molecular weight is 1120 g/mol. The van der Waals surface area contributed by atoms with E-state index in [-0.39, 0.29) is 11.6 Å². The molecular formula is C58H40Br4O4. The van der Waals surface area contributed by atoms with Gasteiger partial charge in [0.25, 0.3) is 0 Å². The molecule has 0 heterocycles. The average Bonchev–Trinajstić information content (AvgIpc) is 3.66. The fourth-order valence-electron chi connectivity index (χ4n) is 7.34. The summed E-state index contributed by atoms with van der Waals surface area (Å²) in [7, 11) is 0. The molecule has 4 nitrogen and oxygen atoms in total. The van der Waals surface area contributed by atoms with Crippen LogP contribution in [-0.4, -0.2) is 23.1 Å². The molecule has 1 aliphatic carbocycles. The summed E-state index contributed by atoms with van der Waals surface area (Å²) in [5.41, 5.74) is 10.3. The van der Waals surface area contributed by atoms with Crippen LogP contribution < -0.4 is 0 Å². The lowest BCUT2D eigenvalue weighted by Gasteiger charge is -2.13. The predicted molar refractivity (Wildman–Crippen MR) is 282 cm³/mol. The monoisotopic (exact) mass is 1120 g/mol. The van der Waals surface area contributed by atoms with Gasteiger partial charge in [0.15, 0.2) is 5.78 Å². The Kier molecular flexibility index (Phi) is 16.9. The lowest BCUT2D eigenvalue weighted by Crippen LogP contribution is -2.14. The molecule has 0 unspecified atom stereocenters. The van der Waals surface area contributed by atoms with Gasteiger partial charge in [-0.15, -0.1) is 0 Å². The number of ketones is 4. The van der Waals surface area contributed by atoms with E-state index in [4.69, 9.17) is 0 Å². The predicted octanol–water partition coefficient (Wildman–Crippen LogP) is 15.6. The van der Waals surface area contributed by atoms with Crippen LogP contribution in [0.5, 0.6) is 0 Å². The Labute approximate surface area is 418 Å². The highest BCUT2D eigenvalue weighted by Crippen LogP contribution is 2.49. The molecule has 0 spiro atoms. The van der Waals surface area contributed by atoms with E-state index in [2.05, 4.69) is 88.0 Å². The van der Waals surface area contributed by atoms with Crippen molar-refractivity contribution in [3.05, 3.63) is 281 Å². The highest BCUT2D eigenvalue weighted by Gasteiger charge is 2.35. The summed E-state index contributed by atoms with van der Waals surface area (Å²) in [5.74, 6) is -0.648. The molecule has 0 saturated carbocycles. The molecule has 324 valence electrons. The van der Waals surface area contributed by atoms with Crippen molar-refractivity contribution in [2.75, 3.05) is 0 Å².